The number of rotatable bonds is 3. The number of hydrazine groups is 1. The van der Waals surface area contributed by atoms with Crippen molar-refractivity contribution in [3.8, 4) is 0 Å². The van der Waals surface area contributed by atoms with Gasteiger partial charge < -0.3 is 0 Å². The topological polar surface area (TPSA) is 61.4 Å². The van der Waals surface area contributed by atoms with Crippen LogP contribution in [0.25, 0.3) is 0 Å². The van der Waals surface area contributed by atoms with E-state index in [1.807, 2.05) is 25.1 Å². The number of benzene rings is 2. The van der Waals surface area contributed by atoms with Crippen molar-refractivity contribution in [2.45, 2.75) is 25.9 Å². The van der Waals surface area contributed by atoms with E-state index in [-0.39, 0.29) is 17.9 Å². The third-order valence-corrected chi connectivity index (χ3v) is 4.42. The zero-order valence-electron chi connectivity index (χ0n) is 13.7. The maximum atomic E-state index is 12.3. The molecular weight excluding hydrogens is 302 g/mol. The summed E-state index contributed by atoms with van der Waals surface area (Å²) >= 11 is 0. The van der Waals surface area contributed by atoms with Gasteiger partial charge in [0.15, 0.2) is 0 Å². The van der Waals surface area contributed by atoms with Crippen LogP contribution >= 0.6 is 0 Å². The lowest BCUT2D eigenvalue weighted by Crippen LogP contribution is -2.52. The van der Waals surface area contributed by atoms with Gasteiger partial charge in [-0.05, 0) is 36.6 Å². The Hall–Kier alpha value is -2.66. The fourth-order valence-electron chi connectivity index (χ4n) is 2.90. The molecular formula is C19H21N3O2. The van der Waals surface area contributed by atoms with E-state index in [1.165, 1.54) is 11.1 Å². The van der Waals surface area contributed by atoms with Crippen LogP contribution in [0.1, 0.15) is 28.4 Å². The van der Waals surface area contributed by atoms with E-state index in [0.29, 0.717) is 5.56 Å². The highest BCUT2D eigenvalue weighted by molar-refractivity contribution is 5.95. The first-order valence-electron chi connectivity index (χ1n) is 8.11. The van der Waals surface area contributed by atoms with Crippen molar-refractivity contribution in [3.05, 3.63) is 71.3 Å². The van der Waals surface area contributed by atoms with Gasteiger partial charge in [-0.3, -0.25) is 25.3 Å². The van der Waals surface area contributed by atoms with Crippen LogP contribution in [0.2, 0.25) is 0 Å². The Morgan fingerprint density at radius 3 is 2.38 bits per heavy atom. The molecule has 1 heterocycles. The highest BCUT2D eigenvalue weighted by Crippen LogP contribution is 2.20. The molecule has 2 aromatic rings. The average molecular weight is 323 g/mol. The Balaban J connectivity index is 1.55. The summed E-state index contributed by atoms with van der Waals surface area (Å²) in [6, 6.07) is 16.8. The molecule has 2 aromatic carbocycles. The zero-order chi connectivity index (χ0) is 16.9. The Morgan fingerprint density at radius 1 is 0.958 bits per heavy atom. The molecule has 5 nitrogen and oxygen atoms in total. The van der Waals surface area contributed by atoms with Crippen molar-refractivity contribution in [1.29, 1.82) is 0 Å². The number of hydrogen-bond acceptors (Lipinski definition) is 3. The van der Waals surface area contributed by atoms with Crippen molar-refractivity contribution in [2.75, 3.05) is 6.54 Å². The number of nitrogens with zero attached hydrogens (tertiary/aromatic N) is 1. The number of nitrogens with one attached hydrogen (secondary N) is 2. The molecule has 5 heteroatoms. The monoisotopic (exact) mass is 323 g/mol. The van der Waals surface area contributed by atoms with E-state index in [2.05, 4.69) is 27.9 Å². The van der Waals surface area contributed by atoms with E-state index >= 15 is 0 Å². The van der Waals surface area contributed by atoms with Crippen LogP contribution in [-0.4, -0.2) is 29.3 Å². The fraction of sp³-hybridized carbons (Fsp3) is 0.263. The fourth-order valence-corrected chi connectivity index (χ4v) is 2.90. The summed E-state index contributed by atoms with van der Waals surface area (Å²) in [4.78, 5) is 26.4. The summed E-state index contributed by atoms with van der Waals surface area (Å²) in [6.07, 6.45) is 0.935. The molecule has 1 unspecified atom stereocenters. The van der Waals surface area contributed by atoms with E-state index < -0.39 is 0 Å². The third kappa shape index (κ3) is 3.63. The molecule has 0 radical (unpaired) electrons. The number of amides is 2. The minimum absolute atomic E-state index is 0.210. The SMILES string of the molecule is CC(C(=O)NNC(=O)c1ccccc1)N1CCc2ccccc2C1. The van der Waals surface area contributed by atoms with Gasteiger partial charge in [0.2, 0.25) is 0 Å². The quantitative estimate of drug-likeness (QED) is 0.848. The number of carbonyl (C=O) groups excluding carboxylic acids is 2. The highest BCUT2D eigenvalue weighted by Gasteiger charge is 2.25. The summed E-state index contributed by atoms with van der Waals surface area (Å²) < 4.78 is 0. The zero-order valence-corrected chi connectivity index (χ0v) is 13.7. The second kappa shape index (κ2) is 7.27. The molecule has 124 valence electrons. The molecule has 24 heavy (non-hydrogen) atoms. The minimum Gasteiger partial charge on any atom is -0.287 e. The standard InChI is InChI=1S/C19H21N3O2/c1-14(22-12-11-15-7-5-6-10-17(15)13-22)18(23)20-21-19(24)16-8-3-2-4-9-16/h2-10,14H,11-13H2,1H3,(H,20,23)(H,21,24). The summed E-state index contributed by atoms with van der Waals surface area (Å²) in [5.74, 6) is -0.529. The normalized spacial score (nSPS) is 15.2. The summed E-state index contributed by atoms with van der Waals surface area (Å²) in [5, 5.41) is 0. The Labute approximate surface area is 141 Å². The molecule has 2 amide bonds. The Kier molecular flexibility index (Phi) is 4.91. The van der Waals surface area contributed by atoms with Crippen LogP contribution in [0, 0.1) is 0 Å². The molecule has 3 rings (SSSR count). The number of carbonyl (C=O) groups is 2. The summed E-state index contributed by atoms with van der Waals surface area (Å²) in [7, 11) is 0. The van der Waals surface area contributed by atoms with Gasteiger partial charge >= 0.3 is 0 Å². The van der Waals surface area contributed by atoms with E-state index in [9.17, 15) is 9.59 Å². The smallest absolute Gasteiger partial charge is 0.269 e. The van der Waals surface area contributed by atoms with Gasteiger partial charge in [-0.15, -0.1) is 0 Å². The van der Waals surface area contributed by atoms with Gasteiger partial charge in [-0.2, -0.15) is 0 Å². The van der Waals surface area contributed by atoms with Crippen molar-refractivity contribution >= 4 is 11.8 Å². The third-order valence-electron chi connectivity index (χ3n) is 4.42. The molecule has 0 spiro atoms. The lowest BCUT2D eigenvalue weighted by Gasteiger charge is -2.32. The first kappa shape index (κ1) is 16.2. The van der Waals surface area contributed by atoms with Crippen LogP contribution in [0.5, 0.6) is 0 Å². The molecule has 0 bridgehead atoms. The van der Waals surface area contributed by atoms with E-state index in [0.717, 1.165) is 19.5 Å². The lowest BCUT2D eigenvalue weighted by molar-refractivity contribution is -0.127. The van der Waals surface area contributed by atoms with E-state index in [4.69, 9.17) is 0 Å². The van der Waals surface area contributed by atoms with E-state index in [1.54, 1.807) is 24.3 Å². The largest absolute Gasteiger partial charge is 0.287 e. The molecule has 0 saturated heterocycles. The van der Waals surface area contributed by atoms with Gasteiger partial charge in [0.1, 0.15) is 0 Å². The predicted octanol–water partition coefficient (Wildman–Crippen LogP) is 1.89. The van der Waals surface area contributed by atoms with Crippen LogP contribution in [0.15, 0.2) is 54.6 Å². The second-order valence-electron chi connectivity index (χ2n) is 5.97. The van der Waals surface area contributed by atoms with Gasteiger partial charge in [0.05, 0.1) is 6.04 Å². The van der Waals surface area contributed by atoms with Crippen molar-refractivity contribution in [3.63, 3.8) is 0 Å². The van der Waals surface area contributed by atoms with Gasteiger partial charge in [-0.1, -0.05) is 42.5 Å². The molecule has 2 N–H and O–H groups in total. The Morgan fingerprint density at radius 2 is 1.62 bits per heavy atom. The molecule has 1 aliphatic rings. The van der Waals surface area contributed by atoms with Crippen molar-refractivity contribution < 1.29 is 9.59 Å². The number of hydrogen-bond donors (Lipinski definition) is 2. The maximum absolute atomic E-state index is 12.3. The maximum Gasteiger partial charge on any atom is 0.269 e. The van der Waals surface area contributed by atoms with Crippen LogP contribution < -0.4 is 10.9 Å². The van der Waals surface area contributed by atoms with Gasteiger partial charge in [-0.25, -0.2) is 0 Å². The van der Waals surface area contributed by atoms with Gasteiger partial charge in [0.25, 0.3) is 11.8 Å². The van der Waals surface area contributed by atoms with Crippen LogP contribution in [0.3, 0.4) is 0 Å². The van der Waals surface area contributed by atoms with Gasteiger partial charge in [0, 0.05) is 18.7 Å². The molecule has 1 aliphatic heterocycles. The van der Waals surface area contributed by atoms with Crippen LogP contribution in [-0.2, 0) is 17.8 Å². The van der Waals surface area contributed by atoms with Crippen LogP contribution in [0.4, 0.5) is 0 Å². The molecule has 0 aliphatic carbocycles. The summed E-state index contributed by atoms with van der Waals surface area (Å²) in [6.45, 7) is 3.44. The molecule has 0 saturated carbocycles. The first-order chi connectivity index (χ1) is 11.6. The second-order valence-corrected chi connectivity index (χ2v) is 5.97. The Bertz CT molecular complexity index is 730. The molecule has 0 aromatic heterocycles. The first-order valence-corrected chi connectivity index (χ1v) is 8.11. The lowest BCUT2D eigenvalue weighted by atomic mass is 9.99. The minimum atomic E-state index is -0.319. The highest BCUT2D eigenvalue weighted by atomic mass is 16.2. The molecule has 1 atom stereocenters. The van der Waals surface area contributed by atoms with Crippen molar-refractivity contribution in [2.24, 2.45) is 0 Å². The number of fused-ring (bicyclic) bond motifs is 1. The molecule has 0 fully saturated rings. The predicted molar refractivity (Wildman–Crippen MR) is 92.1 cm³/mol. The van der Waals surface area contributed by atoms with Crippen molar-refractivity contribution in [1.82, 2.24) is 15.8 Å². The summed E-state index contributed by atoms with van der Waals surface area (Å²) in [5.41, 5.74) is 8.11. The average Bonchev–Trinajstić information content (AvgIpc) is 2.65.